The molecule has 1 atom stereocenters. The summed E-state index contributed by atoms with van der Waals surface area (Å²) in [7, 11) is 0. The van der Waals surface area contributed by atoms with Crippen LogP contribution >= 0.6 is 0 Å². The SMILES string of the molecule is CCN(CC)[C@@H]1CCN(C(=O)c2cnn3c(C(F)(F)F)cc(C)nc23)C1. The van der Waals surface area contributed by atoms with E-state index in [-0.39, 0.29) is 28.9 Å². The zero-order valence-corrected chi connectivity index (χ0v) is 15.0. The number of carbonyl (C=O) groups is 1. The molecule has 1 amide bonds. The molecule has 26 heavy (non-hydrogen) atoms. The fourth-order valence-corrected chi connectivity index (χ4v) is 3.57. The zero-order chi connectivity index (χ0) is 19.1. The van der Waals surface area contributed by atoms with Crippen LogP contribution in [0.15, 0.2) is 12.3 Å². The Labute approximate surface area is 149 Å². The summed E-state index contributed by atoms with van der Waals surface area (Å²) < 4.78 is 40.4. The first-order valence-corrected chi connectivity index (χ1v) is 8.72. The number of alkyl halides is 3. The van der Waals surface area contributed by atoms with Gasteiger partial charge in [0.2, 0.25) is 0 Å². The molecule has 2 aromatic rings. The van der Waals surface area contributed by atoms with Crippen molar-refractivity contribution in [3.05, 3.63) is 29.2 Å². The number of hydrogen-bond acceptors (Lipinski definition) is 4. The minimum absolute atomic E-state index is 0.0476. The molecule has 0 saturated carbocycles. The van der Waals surface area contributed by atoms with Crippen molar-refractivity contribution < 1.29 is 18.0 Å². The minimum Gasteiger partial charge on any atom is -0.337 e. The lowest BCUT2D eigenvalue weighted by molar-refractivity contribution is -0.142. The lowest BCUT2D eigenvalue weighted by Crippen LogP contribution is -2.38. The highest BCUT2D eigenvalue weighted by Gasteiger charge is 2.36. The van der Waals surface area contributed by atoms with Crippen LogP contribution < -0.4 is 0 Å². The molecule has 0 aromatic carbocycles. The summed E-state index contributed by atoms with van der Waals surface area (Å²) >= 11 is 0. The second-order valence-electron chi connectivity index (χ2n) is 6.49. The van der Waals surface area contributed by atoms with Crippen molar-refractivity contribution in [1.29, 1.82) is 0 Å². The third-order valence-corrected chi connectivity index (χ3v) is 4.90. The molecule has 1 aliphatic heterocycles. The maximum Gasteiger partial charge on any atom is 0.433 e. The zero-order valence-electron chi connectivity index (χ0n) is 15.0. The summed E-state index contributed by atoms with van der Waals surface area (Å²) in [4.78, 5) is 21.0. The van der Waals surface area contributed by atoms with Crippen LogP contribution in [-0.2, 0) is 6.18 Å². The molecular formula is C17H22F3N5O. The van der Waals surface area contributed by atoms with Crippen LogP contribution in [0, 0.1) is 6.92 Å². The van der Waals surface area contributed by atoms with E-state index in [1.807, 2.05) is 0 Å². The maximum atomic E-state index is 13.2. The molecule has 0 radical (unpaired) electrons. The van der Waals surface area contributed by atoms with Crippen LogP contribution in [0.25, 0.3) is 5.65 Å². The van der Waals surface area contributed by atoms with Crippen LogP contribution in [0.2, 0.25) is 0 Å². The van der Waals surface area contributed by atoms with Gasteiger partial charge in [-0.1, -0.05) is 13.8 Å². The molecule has 1 fully saturated rings. The van der Waals surface area contributed by atoms with Gasteiger partial charge in [0.05, 0.1) is 6.20 Å². The van der Waals surface area contributed by atoms with Gasteiger partial charge >= 0.3 is 6.18 Å². The van der Waals surface area contributed by atoms with E-state index in [0.29, 0.717) is 17.6 Å². The molecule has 0 N–H and O–H groups in total. The van der Waals surface area contributed by atoms with Crippen molar-refractivity contribution in [2.24, 2.45) is 0 Å². The van der Waals surface area contributed by atoms with Gasteiger partial charge in [-0.25, -0.2) is 9.50 Å². The predicted molar refractivity (Wildman–Crippen MR) is 90.0 cm³/mol. The fraction of sp³-hybridized carbons (Fsp3) is 0.588. The first-order valence-electron chi connectivity index (χ1n) is 8.72. The van der Waals surface area contributed by atoms with Gasteiger partial charge in [-0.05, 0) is 32.5 Å². The first kappa shape index (κ1) is 18.6. The van der Waals surface area contributed by atoms with E-state index in [1.165, 1.54) is 13.1 Å². The minimum atomic E-state index is -4.57. The second kappa shape index (κ2) is 6.86. The van der Waals surface area contributed by atoms with E-state index in [9.17, 15) is 18.0 Å². The van der Waals surface area contributed by atoms with Gasteiger partial charge in [-0.2, -0.15) is 18.3 Å². The van der Waals surface area contributed by atoms with E-state index in [4.69, 9.17) is 0 Å². The topological polar surface area (TPSA) is 53.7 Å². The molecule has 3 rings (SSSR count). The van der Waals surface area contributed by atoms with Crippen LogP contribution in [0.1, 0.15) is 42.0 Å². The van der Waals surface area contributed by atoms with Gasteiger partial charge in [0, 0.05) is 24.8 Å². The molecule has 6 nitrogen and oxygen atoms in total. The van der Waals surface area contributed by atoms with E-state index in [1.54, 1.807) is 4.90 Å². The van der Waals surface area contributed by atoms with E-state index in [2.05, 4.69) is 28.8 Å². The number of aryl methyl sites for hydroxylation is 1. The molecule has 1 aliphatic rings. The fourth-order valence-electron chi connectivity index (χ4n) is 3.57. The Morgan fingerprint density at radius 1 is 1.35 bits per heavy atom. The number of likely N-dealkylation sites (N-methyl/N-ethyl adjacent to an activating group) is 1. The summed E-state index contributed by atoms with van der Waals surface area (Å²) in [5, 5.41) is 3.78. The molecule has 9 heteroatoms. The van der Waals surface area contributed by atoms with Gasteiger partial charge in [-0.3, -0.25) is 9.69 Å². The lowest BCUT2D eigenvalue weighted by atomic mass is 10.2. The quantitative estimate of drug-likeness (QED) is 0.831. The number of halogens is 3. The maximum absolute atomic E-state index is 13.2. The van der Waals surface area contributed by atoms with Crippen LogP contribution in [0.5, 0.6) is 0 Å². The van der Waals surface area contributed by atoms with Gasteiger partial charge in [-0.15, -0.1) is 0 Å². The van der Waals surface area contributed by atoms with Gasteiger partial charge < -0.3 is 4.90 Å². The van der Waals surface area contributed by atoms with Gasteiger partial charge in [0.15, 0.2) is 5.65 Å². The van der Waals surface area contributed by atoms with Crippen molar-refractivity contribution in [2.45, 2.75) is 39.4 Å². The summed E-state index contributed by atoms with van der Waals surface area (Å²) in [6.45, 7) is 8.56. The Morgan fingerprint density at radius 2 is 2.04 bits per heavy atom. The Kier molecular flexibility index (Phi) is 4.92. The van der Waals surface area contributed by atoms with Crippen molar-refractivity contribution in [3.63, 3.8) is 0 Å². The van der Waals surface area contributed by atoms with Crippen molar-refractivity contribution in [2.75, 3.05) is 26.2 Å². The molecular weight excluding hydrogens is 347 g/mol. The van der Waals surface area contributed by atoms with Crippen molar-refractivity contribution in [3.8, 4) is 0 Å². The normalized spacial score (nSPS) is 18.3. The smallest absolute Gasteiger partial charge is 0.337 e. The third kappa shape index (κ3) is 3.27. The number of aromatic nitrogens is 3. The average Bonchev–Trinajstić information content (AvgIpc) is 3.21. The highest BCUT2D eigenvalue weighted by atomic mass is 19.4. The number of fused-ring (bicyclic) bond motifs is 1. The number of hydrogen-bond donors (Lipinski definition) is 0. The van der Waals surface area contributed by atoms with Crippen LogP contribution in [0.3, 0.4) is 0 Å². The third-order valence-electron chi connectivity index (χ3n) is 4.90. The van der Waals surface area contributed by atoms with E-state index in [0.717, 1.165) is 25.6 Å². The highest BCUT2D eigenvalue weighted by Crippen LogP contribution is 2.30. The predicted octanol–water partition coefficient (Wildman–Crippen LogP) is 2.61. The molecule has 0 unspecified atom stereocenters. The molecule has 0 bridgehead atoms. The summed E-state index contributed by atoms with van der Waals surface area (Å²) in [5.74, 6) is -0.319. The molecule has 0 aliphatic carbocycles. The first-order chi connectivity index (χ1) is 12.3. The standard InChI is InChI=1S/C17H22F3N5O/c1-4-23(5-2)12-6-7-24(10-12)16(26)13-9-21-25-14(17(18,19)20)8-11(3)22-15(13)25/h8-9,12H,4-7,10H2,1-3H3/t12-/m1/s1. The van der Waals surface area contributed by atoms with Gasteiger partial charge in [0.25, 0.3) is 5.91 Å². The number of likely N-dealkylation sites (tertiary alicyclic amines) is 1. The summed E-state index contributed by atoms with van der Waals surface area (Å²) in [6, 6.07) is 1.21. The second-order valence-corrected chi connectivity index (χ2v) is 6.49. The molecule has 1 saturated heterocycles. The van der Waals surface area contributed by atoms with Crippen molar-refractivity contribution in [1.82, 2.24) is 24.4 Å². The van der Waals surface area contributed by atoms with Crippen LogP contribution in [0.4, 0.5) is 13.2 Å². The van der Waals surface area contributed by atoms with E-state index < -0.39 is 11.9 Å². The Hall–Kier alpha value is -2.16. The van der Waals surface area contributed by atoms with Crippen LogP contribution in [-0.4, -0.2) is 62.5 Å². The Morgan fingerprint density at radius 3 is 2.65 bits per heavy atom. The molecule has 0 spiro atoms. The summed E-state index contributed by atoms with van der Waals surface area (Å²) in [5.41, 5.74) is -0.670. The molecule has 3 heterocycles. The molecule has 142 valence electrons. The van der Waals surface area contributed by atoms with Gasteiger partial charge in [0.1, 0.15) is 11.3 Å². The number of amides is 1. The van der Waals surface area contributed by atoms with Crippen molar-refractivity contribution >= 4 is 11.6 Å². The molecule has 2 aromatic heterocycles. The number of carbonyl (C=O) groups excluding carboxylic acids is 1. The highest BCUT2D eigenvalue weighted by molar-refractivity contribution is 5.99. The number of nitrogens with zero attached hydrogens (tertiary/aromatic N) is 5. The average molecular weight is 369 g/mol. The number of rotatable bonds is 4. The summed E-state index contributed by atoms with van der Waals surface area (Å²) in [6.07, 6.45) is -2.53. The Bertz CT molecular complexity index is 813. The largest absolute Gasteiger partial charge is 0.433 e. The monoisotopic (exact) mass is 369 g/mol. The lowest BCUT2D eigenvalue weighted by Gasteiger charge is -2.26. The van der Waals surface area contributed by atoms with E-state index >= 15 is 0 Å². The Balaban J connectivity index is 1.92.